The number of hydrogen-bond acceptors (Lipinski definition) is 0. The van der Waals surface area contributed by atoms with Crippen molar-refractivity contribution in [3.05, 3.63) is 60.2 Å². The van der Waals surface area contributed by atoms with Gasteiger partial charge >= 0.3 is 0 Å². The van der Waals surface area contributed by atoms with Gasteiger partial charge in [0, 0.05) is 5.56 Å². The summed E-state index contributed by atoms with van der Waals surface area (Å²) in [5.74, 6) is 0. The SMILES string of the molecule is CCCC[NH2+]Cc1ccc(-c2ccccc2)cc1.[Cl-]. The fourth-order valence-electron chi connectivity index (χ4n) is 2.08. The first-order valence-corrected chi connectivity index (χ1v) is 6.86. The average molecular weight is 276 g/mol. The summed E-state index contributed by atoms with van der Waals surface area (Å²) < 4.78 is 0. The van der Waals surface area contributed by atoms with Gasteiger partial charge in [0.15, 0.2) is 0 Å². The first kappa shape index (κ1) is 15.7. The Bertz CT molecular complexity index is 450. The van der Waals surface area contributed by atoms with E-state index in [2.05, 4.69) is 66.8 Å². The molecule has 2 N–H and O–H groups in total. The highest BCUT2D eigenvalue weighted by Gasteiger charge is 1.98. The smallest absolute Gasteiger partial charge is 0.101 e. The second kappa shape index (κ2) is 8.73. The molecule has 0 unspecified atom stereocenters. The van der Waals surface area contributed by atoms with E-state index in [9.17, 15) is 0 Å². The average Bonchev–Trinajstić information content (AvgIpc) is 2.45. The van der Waals surface area contributed by atoms with Crippen LogP contribution in [0.5, 0.6) is 0 Å². The first-order chi connectivity index (χ1) is 8.90. The Balaban J connectivity index is 0.00000180. The Labute approximate surface area is 122 Å². The van der Waals surface area contributed by atoms with Crippen molar-refractivity contribution < 1.29 is 17.7 Å². The monoisotopic (exact) mass is 275 g/mol. The predicted octanol–water partition coefficient (Wildman–Crippen LogP) is 0.221. The van der Waals surface area contributed by atoms with E-state index in [4.69, 9.17) is 0 Å². The maximum atomic E-state index is 2.39. The van der Waals surface area contributed by atoms with Crippen molar-refractivity contribution in [1.82, 2.24) is 0 Å². The normalized spacial score (nSPS) is 9.95. The van der Waals surface area contributed by atoms with Gasteiger partial charge in [0.2, 0.25) is 0 Å². The molecule has 0 aliphatic heterocycles. The minimum Gasteiger partial charge on any atom is -1.00 e. The lowest BCUT2D eigenvalue weighted by Gasteiger charge is -2.04. The highest BCUT2D eigenvalue weighted by molar-refractivity contribution is 5.63. The summed E-state index contributed by atoms with van der Waals surface area (Å²) in [6.45, 7) is 4.56. The van der Waals surface area contributed by atoms with Crippen molar-refractivity contribution in [3.8, 4) is 11.1 Å². The van der Waals surface area contributed by atoms with E-state index in [1.165, 1.54) is 36.1 Å². The Kier molecular flexibility index (Phi) is 7.24. The van der Waals surface area contributed by atoms with Crippen molar-refractivity contribution in [3.63, 3.8) is 0 Å². The molecule has 2 aromatic carbocycles. The summed E-state index contributed by atoms with van der Waals surface area (Å²) >= 11 is 0. The van der Waals surface area contributed by atoms with Crippen LogP contribution >= 0.6 is 0 Å². The van der Waals surface area contributed by atoms with Crippen molar-refractivity contribution in [2.45, 2.75) is 26.3 Å². The van der Waals surface area contributed by atoms with Crippen LogP contribution in [0, 0.1) is 0 Å². The third kappa shape index (κ3) is 5.06. The maximum absolute atomic E-state index is 2.39. The summed E-state index contributed by atoms with van der Waals surface area (Å²) in [6, 6.07) is 19.5. The largest absolute Gasteiger partial charge is 1.00 e. The number of halogens is 1. The number of unbranched alkanes of at least 4 members (excludes halogenated alkanes) is 1. The lowest BCUT2D eigenvalue weighted by atomic mass is 10.0. The molecule has 0 aliphatic carbocycles. The van der Waals surface area contributed by atoms with Gasteiger partial charge in [0.05, 0.1) is 6.54 Å². The summed E-state index contributed by atoms with van der Waals surface area (Å²) in [5, 5.41) is 2.39. The van der Waals surface area contributed by atoms with Gasteiger partial charge in [-0.15, -0.1) is 0 Å². The summed E-state index contributed by atoms with van der Waals surface area (Å²) in [5.41, 5.74) is 4.00. The summed E-state index contributed by atoms with van der Waals surface area (Å²) in [7, 11) is 0. The molecule has 0 atom stereocenters. The minimum absolute atomic E-state index is 0. The molecule has 0 aliphatic rings. The van der Waals surface area contributed by atoms with E-state index in [0.29, 0.717) is 0 Å². The van der Waals surface area contributed by atoms with Crippen LogP contribution in [0.25, 0.3) is 11.1 Å². The Morgan fingerprint density at radius 2 is 1.47 bits per heavy atom. The van der Waals surface area contributed by atoms with Gasteiger partial charge in [-0.25, -0.2) is 0 Å². The van der Waals surface area contributed by atoms with E-state index in [1.807, 2.05) is 0 Å². The van der Waals surface area contributed by atoms with Crippen LogP contribution in [-0.2, 0) is 6.54 Å². The van der Waals surface area contributed by atoms with Gasteiger partial charge in [-0.05, 0) is 17.5 Å². The van der Waals surface area contributed by atoms with Crippen LogP contribution in [0.1, 0.15) is 25.3 Å². The molecule has 2 rings (SSSR count). The van der Waals surface area contributed by atoms with Gasteiger partial charge in [-0.1, -0.05) is 67.9 Å². The number of rotatable bonds is 6. The van der Waals surface area contributed by atoms with Gasteiger partial charge in [-0.3, -0.25) is 0 Å². The molecule has 0 spiro atoms. The van der Waals surface area contributed by atoms with Crippen LogP contribution < -0.4 is 17.7 Å². The molecule has 2 aromatic rings. The van der Waals surface area contributed by atoms with E-state index >= 15 is 0 Å². The molecule has 0 saturated heterocycles. The van der Waals surface area contributed by atoms with Crippen molar-refractivity contribution in [2.75, 3.05) is 6.54 Å². The van der Waals surface area contributed by atoms with Crippen LogP contribution in [0.3, 0.4) is 0 Å². The van der Waals surface area contributed by atoms with E-state index in [0.717, 1.165) is 6.54 Å². The Morgan fingerprint density at radius 3 is 2.11 bits per heavy atom. The molecule has 0 heterocycles. The fraction of sp³-hybridized carbons (Fsp3) is 0.294. The van der Waals surface area contributed by atoms with E-state index < -0.39 is 0 Å². The molecule has 0 aromatic heterocycles. The van der Waals surface area contributed by atoms with Crippen molar-refractivity contribution in [2.24, 2.45) is 0 Å². The lowest BCUT2D eigenvalue weighted by molar-refractivity contribution is -0.670. The molecule has 1 nitrogen and oxygen atoms in total. The highest BCUT2D eigenvalue weighted by Crippen LogP contribution is 2.18. The molecular formula is C17H22ClN. The lowest BCUT2D eigenvalue weighted by Crippen LogP contribution is -3.00. The molecule has 0 amide bonds. The van der Waals surface area contributed by atoms with Crippen molar-refractivity contribution >= 4 is 0 Å². The van der Waals surface area contributed by atoms with Crippen molar-refractivity contribution in [1.29, 1.82) is 0 Å². The van der Waals surface area contributed by atoms with Crippen LogP contribution in [-0.4, -0.2) is 6.54 Å². The van der Waals surface area contributed by atoms with Crippen LogP contribution in [0.2, 0.25) is 0 Å². The standard InChI is InChI=1S/C17H21N.ClH/c1-2-3-13-18-14-15-9-11-17(12-10-15)16-7-5-4-6-8-16;/h4-12,18H,2-3,13-14H2,1H3;1H. The maximum Gasteiger partial charge on any atom is 0.101 e. The number of nitrogens with two attached hydrogens (primary N) is 1. The molecule has 102 valence electrons. The molecule has 2 heteroatoms. The topological polar surface area (TPSA) is 16.6 Å². The Morgan fingerprint density at radius 1 is 0.842 bits per heavy atom. The molecular weight excluding hydrogens is 254 g/mol. The number of quaternary nitrogens is 1. The predicted molar refractivity (Wildman–Crippen MR) is 77.3 cm³/mol. The highest BCUT2D eigenvalue weighted by atomic mass is 35.5. The van der Waals surface area contributed by atoms with E-state index in [-0.39, 0.29) is 12.4 Å². The fourth-order valence-corrected chi connectivity index (χ4v) is 2.08. The zero-order chi connectivity index (χ0) is 12.6. The molecule has 0 saturated carbocycles. The summed E-state index contributed by atoms with van der Waals surface area (Å²) in [6.07, 6.45) is 2.59. The molecule has 0 bridgehead atoms. The van der Waals surface area contributed by atoms with Gasteiger partial charge < -0.3 is 17.7 Å². The van der Waals surface area contributed by atoms with E-state index in [1.54, 1.807) is 0 Å². The summed E-state index contributed by atoms with van der Waals surface area (Å²) in [4.78, 5) is 0. The third-order valence-electron chi connectivity index (χ3n) is 3.20. The number of hydrogen-bond donors (Lipinski definition) is 1. The Hall–Kier alpha value is -1.31. The zero-order valence-corrected chi connectivity index (χ0v) is 12.2. The zero-order valence-electron chi connectivity index (χ0n) is 11.5. The van der Waals surface area contributed by atoms with Gasteiger partial charge in [0.25, 0.3) is 0 Å². The molecule has 0 fully saturated rings. The number of benzene rings is 2. The van der Waals surface area contributed by atoms with Crippen LogP contribution in [0.4, 0.5) is 0 Å². The minimum atomic E-state index is 0. The molecule has 0 radical (unpaired) electrons. The third-order valence-corrected chi connectivity index (χ3v) is 3.20. The first-order valence-electron chi connectivity index (χ1n) is 6.86. The second-order valence-electron chi connectivity index (χ2n) is 4.70. The van der Waals surface area contributed by atoms with Gasteiger partial charge in [0.1, 0.15) is 6.54 Å². The second-order valence-corrected chi connectivity index (χ2v) is 4.70. The molecule has 19 heavy (non-hydrogen) atoms. The van der Waals surface area contributed by atoms with Gasteiger partial charge in [-0.2, -0.15) is 0 Å². The quantitative estimate of drug-likeness (QED) is 0.727. The van der Waals surface area contributed by atoms with Crippen LogP contribution in [0.15, 0.2) is 54.6 Å².